The van der Waals surface area contributed by atoms with E-state index < -0.39 is 0 Å². The maximum Gasteiger partial charge on any atom is 0.137 e. The summed E-state index contributed by atoms with van der Waals surface area (Å²) >= 11 is 0. The predicted molar refractivity (Wildman–Crippen MR) is 71.4 cm³/mol. The van der Waals surface area contributed by atoms with E-state index in [0.717, 1.165) is 24.5 Å². The summed E-state index contributed by atoms with van der Waals surface area (Å²) in [6.45, 7) is 11.3. The Morgan fingerprint density at radius 3 is 2.59 bits per heavy atom. The van der Waals surface area contributed by atoms with Crippen molar-refractivity contribution in [1.29, 1.82) is 0 Å². The minimum Gasteiger partial charge on any atom is -0.491 e. The van der Waals surface area contributed by atoms with E-state index in [1.54, 1.807) is 6.20 Å². The third-order valence-corrected chi connectivity index (χ3v) is 2.48. The van der Waals surface area contributed by atoms with Crippen molar-refractivity contribution in [2.75, 3.05) is 19.7 Å². The molecule has 96 valence electrons. The second kappa shape index (κ2) is 6.60. The Bertz CT molecular complexity index is 314. The van der Waals surface area contributed by atoms with Gasteiger partial charge < -0.3 is 10.1 Å². The maximum atomic E-state index is 5.57. The van der Waals surface area contributed by atoms with Gasteiger partial charge in [0.25, 0.3) is 0 Å². The van der Waals surface area contributed by atoms with Gasteiger partial charge in [-0.25, -0.2) is 0 Å². The van der Waals surface area contributed by atoms with E-state index in [0.29, 0.717) is 12.0 Å². The number of hydrogen-bond acceptors (Lipinski definition) is 3. The molecule has 1 rings (SSSR count). The predicted octanol–water partition coefficient (Wildman–Crippen LogP) is 2.79. The Morgan fingerprint density at radius 1 is 1.24 bits per heavy atom. The van der Waals surface area contributed by atoms with Crippen molar-refractivity contribution in [3.8, 4) is 5.75 Å². The molecule has 0 radical (unpaired) electrons. The zero-order chi connectivity index (χ0) is 12.7. The molecule has 0 amide bonds. The van der Waals surface area contributed by atoms with Crippen LogP contribution in [0.5, 0.6) is 5.75 Å². The molecule has 1 N–H and O–H groups in total. The van der Waals surface area contributed by atoms with Gasteiger partial charge in [-0.05, 0) is 37.4 Å². The summed E-state index contributed by atoms with van der Waals surface area (Å²) in [5.41, 5.74) is 1.41. The molecular formula is C14H24N2O. The standard InChI is InChI=1S/C14H24N2O/c1-12-5-6-13(11-16-12)17-10-9-15-8-7-14(2,3)4/h5-6,11,15H,7-10H2,1-4H3. The van der Waals surface area contributed by atoms with Crippen LogP contribution in [0.3, 0.4) is 0 Å². The Labute approximate surface area is 105 Å². The topological polar surface area (TPSA) is 34.1 Å². The third-order valence-electron chi connectivity index (χ3n) is 2.48. The van der Waals surface area contributed by atoms with Crippen molar-refractivity contribution in [3.05, 3.63) is 24.0 Å². The first-order valence-corrected chi connectivity index (χ1v) is 6.23. The molecule has 0 saturated heterocycles. The van der Waals surface area contributed by atoms with Gasteiger partial charge in [0.05, 0.1) is 6.20 Å². The molecule has 0 unspecified atom stereocenters. The molecular weight excluding hydrogens is 212 g/mol. The van der Waals surface area contributed by atoms with Crippen molar-refractivity contribution >= 4 is 0 Å². The number of nitrogens with zero attached hydrogens (tertiary/aromatic N) is 1. The summed E-state index contributed by atoms with van der Waals surface area (Å²) in [6, 6.07) is 3.92. The average molecular weight is 236 g/mol. The summed E-state index contributed by atoms with van der Waals surface area (Å²) in [4.78, 5) is 4.18. The summed E-state index contributed by atoms with van der Waals surface area (Å²) in [7, 11) is 0. The van der Waals surface area contributed by atoms with Gasteiger partial charge in [-0.15, -0.1) is 0 Å². The lowest BCUT2D eigenvalue weighted by Crippen LogP contribution is -2.25. The molecule has 0 spiro atoms. The van der Waals surface area contributed by atoms with Crippen LogP contribution < -0.4 is 10.1 Å². The number of aromatic nitrogens is 1. The molecule has 1 aromatic heterocycles. The van der Waals surface area contributed by atoms with E-state index in [4.69, 9.17) is 4.74 Å². The smallest absolute Gasteiger partial charge is 0.137 e. The Kier molecular flexibility index (Phi) is 5.42. The first-order valence-electron chi connectivity index (χ1n) is 6.23. The summed E-state index contributed by atoms with van der Waals surface area (Å²) in [5.74, 6) is 0.841. The van der Waals surface area contributed by atoms with Crippen LogP contribution in [-0.4, -0.2) is 24.7 Å². The fourth-order valence-corrected chi connectivity index (χ4v) is 1.37. The minimum atomic E-state index is 0.398. The van der Waals surface area contributed by atoms with Crippen molar-refractivity contribution in [2.24, 2.45) is 5.41 Å². The van der Waals surface area contributed by atoms with Gasteiger partial charge in [0.1, 0.15) is 12.4 Å². The van der Waals surface area contributed by atoms with Crippen LogP contribution in [0.25, 0.3) is 0 Å². The first-order chi connectivity index (χ1) is 7.97. The van der Waals surface area contributed by atoms with E-state index in [9.17, 15) is 0 Å². The molecule has 0 saturated carbocycles. The highest BCUT2D eigenvalue weighted by atomic mass is 16.5. The molecule has 0 aromatic carbocycles. The second-order valence-electron chi connectivity index (χ2n) is 5.54. The molecule has 0 atom stereocenters. The minimum absolute atomic E-state index is 0.398. The van der Waals surface area contributed by atoms with Crippen molar-refractivity contribution in [3.63, 3.8) is 0 Å². The summed E-state index contributed by atoms with van der Waals surface area (Å²) in [6.07, 6.45) is 2.95. The zero-order valence-corrected chi connectivity index (χ0v) is 11.4. The lowest BCUT2D eigenvalue weighted by molar-refractivity contribution is 0.303. The van der Waals surface area contributed by atoms with Crippen molar-refractivity contribution < 1.29 is 4.74 Å². The molecule has 0 fully saturated rings. The number of ether oxygens (including phenoxy) is 1. The molecule has 17 heavy (non-hydrogen) atoms. The highest BCUT2D eigenvalue weighted by Crippen LogP contribution is 2.16. The molecule has 3 nitrogen and oxygen atoms in total. The Balaban J connectivity index is 2.07. The number of nitrogens with one attached hydrogen (secondary N) is 1. The highest BCUT2D eigenvalue weighted by Gasteiger charge is 2.08. The molecule has 1 heterocycles. The Hall–Kier alpha value is -1.09. The number of pyridine rings is 1. The van der Waals surface area contributed by atoms with Crippen LogP contribution in [-0.2, 0) is 0 Å². The lowest BCUT2D eigenvalue weighted by Gasteiger charge is -2.18. The van der Waals surface area contributed by atoms with Gasteiger partial charge in [0.15, 0.2) is 0 Å². The zero-order valence-electron chi connectivity index (χ0n) is 11.4. The van der Waals surface area contributed by atoms with Gasteiger partial charge in [-0.3, -0.25) is 4.98 Å². The largest absolute Gasteiger partial charge is 0.491 e. The van der Waals surface area contributed by atoms with Gasteiger partial charge in [-0.2, -0.15) is 0 Å². The summed E-state index contributed by atoms with van der Waals surface area (Å²) < 4.78 is 5.57. The third kappa shape index (κ3) is 6.95. The van der Waals surface area contributed by atoms with Gasteiger partial charge >= 0.3 is 0 Å². The second-order valence-corrected chi connectivity index (χ2v) is 5.54. The quantitative estimate of drug-likeness (QED) is 0.771. The lowest BCUT2D eigenvalue weighted by atomic mass is 9.92. The van der Waals surface area contributed by atoms with Crippen LogP contribution in [0.1, 0.15) is 32.9 Å². The number of hydrogen-bond donors (Lipinski definition) is 1. The molecule has 0 bridgehead atoms. The van der Waals surface area contributed by atoms with Crippen LogP contribution in [0, 0.1) is 12.3 Å². The van der Waals surface area contributed by atoms with Crippen LogP contribution in [0.2, 0.25) is 0 Å². The number of rotatable bonds is 6. The molecule has 3 heteroatoms. The van der Waals surface area contributed by atoms with Crippen molar-refractivity contribution in [2.45, 2.75) is 34.1 Å². The molecule has 1 aromatic rings. The molecule has 0 aliphatic heterocycles. The van der Waals surface area contributed by atoms with Gasteiger partial charge in [0.2, 0.25) is 0 Å². The SMILES string of the molecule is Cc1ccc(OCCNCCC(C)(C)C)cn1. The first kappa shape index (κ1) is 14.0. The normalized spacial score (nSPS) is 11.5. The van der Waals surface area contributed by atoms with E-state index >= 15 is 0 Å². The van der Waals surface area contributed by atoms with Crippen LogP contribution >= 0.6 is 0 Å². The fraction of sp³-hybridized carbons (Fsp3) is 0.643. The Morgan fingerprint density at radius 2 is 2.00 bits per heavy atom. The summed E-state index contributed by atoms with van der Waals surface area (Å²) in [5, 5.41) is 3.38. The van der Waals surface area contributed by atoms with Crippen LogP contribution in [0.4, 0.5) is 0 Å². The van der Waals surface area contributed by atoms with Gasteiger partial charge in [0, 0.05) is 12.2 Å². The van der Waals surface area contributed by atoms with E-state index in [1.165, 1.54) is 6.42 Å². The monoisotopic (exact) mass is 236 g/mol. The van der Waals surface area contributed by atoms with Crippen LogP contribution in [0.15, 0.2) is 18.3 Å². The van der Waals surface area contributed by atoms with E-state index in [2.05, 4.69) is 31.1 Å². The number of aryl methyl sites for hydroxylation is 1. The molecule has 0 aliphatic rings. The van der Waals surface area contributed by atoms with Gasteiger partial charge in [-0.1, -0.05) is 20.8 Å². The van der Waals surface area contributed by atoms with E-state index in [-0.39, 0.29) is 0 Å². The van der Waals surface area contributed by atoms with Crippen molar-refractivity contribution in [1.82, 2.24) is 10.3 Å². The average Bonchev–Trinajstić information content (AvgIpc) is 2.24. The van der Waals surface area contributed by atoms with E-state index in [1.807, 2.05) is 19.1 Å². The molecule has 0 aliphatic carbocycles. The fourth-order valence-electron chi connectivity index (χ4n) is 1.37. The highest BCUT2D eigenvalue weighted by molar-refractivity contribution is 5.18. The maximum absolute atomic E-state index is 5.57.